The van der Waals surface area contributed by atoms with Crippen molar-refractivity contribution >= 4 is 17.2 Å². The summed E-state index contributed by atoms with van der Waals surface area (Å²) in [5.41, 5.74) is 1.03. The van der Waals surface area contributed by atoms with Gasteiger partial charge in [0.2, 0.25) is 11.8 Å². The monoisotopic (exact) mass is 318 g/mol. The highest BCUT2D eigenvalue weighted by Gasteiger charge is 2.29. The number of pyridine rings is 1. The van der Waals surface area contributed by atoms with Gasteiger partial charge in [-0.15, -0.1) is 0 Å². The number of thiophene rings is 1. The molecule has 116 valence electrons. The van der Waals surface area contributed by atoms with E-state index in [1.165, 1.54) is 0 Å². The van der Waals surface area contributed by atoms with E-state index in [9.17, 15) is 4.79 Å². The zero-order chi connectivity index (χ0) is 15.2. The van der Waals surface area contributed by atoms with Gasteiger partial charge < -0.3 is 14.8 Å². The van der Waals surface area contributed by atoms with Gasteiger partial charge in [-0.3, -0.25) is 4.79 Å². The molecule has 0 aliphatic carbocycles. The maximum atomic E-state index is 12.1. The van der Waals surface area contributed by atoms with Gasteiger partial charge in [-0.05, 0) is 28.5 Å². The van der Waals surface area contributed by atoms with E-state index in [0.717, 1.165) is 12.0 Å². The van der Waals surface area contributed by atoms with Crippen LogP contribution in [0.3, 0.4) is 0 Å². The van der Waals surface area contributed by atoms with Gasteiger partial charge in [0.1, 0.15) is 6.10 Å². The fourth-order valence-corrected chi connectivity index (χ4v) is 3.07. The smallest absolute Gasteiger partial charge is 0.224 e. The molecular weight excluding hydrogens is 300 g/mol. The Morgan fingerprint density at radius 1 is 1.45 bits per heavy atom. The Morgan fingerprint density at radius 2 is 2.41 bits per heavy atom. The van der Waals surface area contributed by atoms with Gasteiger partial charge in [-0.2, -0.15) is 11.3 Å². The number of nitrogens with zero attached hydrogens (tertiary/aromatic N) is 1. The Morgan fingerprint density at radius 3 is 3.18 bits per heavy atom. The van der Waals surface area contributed by atoms with Crippen molar-refractivity contribution in [1.82, 2.24) is 10.3 Å². The van der Waals surface area contributed by atoms with Gasteiger partial charge in [0, 0.05) is 18.7 Å². The van der Waals surface area contributed by atoms with Crippen molar-refractivity contribution in [1.29, 1.82) is 0 Å². The van der Waals surface area contributed by atoms with Crippen molar-refractivity contribution in [2.75, 3.05) is 13.2 Å². The summed E-state index contributed by atoms with van der Waals surface area (Å²) >= 11 is 1.59. The molecule has 0 unspecified atom stereocenters. The summed E-state index contributed by atoms with van der Waals surface area (Å²) in [4.78, 5) is 16.3. The molecule has 0 aromatic carbocycles. The molecule has 1 N–H and O–H groups in total. The maximum Gasteiger partial charge on any atom is 0.224 e. The third kappa shape index (κ3) is 4.05. The van der Waals surface area contributed by atoms with Gasteiger partial charge in [0.25, 0.3) is 0 Å². The molecule has 1 aliphatic rings. The third-order valence-corrected chi connectivity index (χ3v) is 4.23. The zero-order valence-electron chi connectivity index (χ0n) is 12.1. The fourth-order valence-electron chi connectivity index (χ4n) is 2.40. The highest BCUT2D eigenvalue weighted by Crippen LogP contribution is 2.16. The molecule has 1 amide bonds. The van der Waals surface area contributed by atoms with Crippen molar-refractivity contribution in [3.8, 4) is 5.88 Å². The number of rotatable bonds is 5. The molecule has 2 aromatic heterocycles. The van der Waals surface area contributed by atoms with Crippen LogP contribution in [0.25, 0.3) is 0 Å². The zero-order valence-corrected chi connectivity index (χ0v) is 12.9. The lowest BCUT2D eigenvalue weighted by Crippen LogP contribution is -2.52. The van der Waals surface area contributed by atoms with E-state index >= 15 is 0 Å². The maximum absolute atomic E-state index is 12.1. The van der Waals surface area contributed by atoms with Crippen LogP contribution < -0.4 is 10.1 Å². The van der Waals surface area contributed by atoms with Crippen LogP contribution in [0.5, 0.6) is 5.88 Å². The molecule has 2 aromatic rings. The highest BCUT2D eigenvalue weighted by atomic mass is 32.1. The number of amides is 1. The Bertz CT molecular complexity index is 589. The summed E-state index contributed by atoms with van der Waals surface area (Å²) in [6.07, 6.45) is 2.70. The molecule has 0 radical (unpaired) electrons. The van der Waals surface area contributed by atoms with Gasteiger partial charge in [0.05, 0.1) is 25.7 Å². The highest BCUT2D eigenvalue weighted by molar-refractivity contribution is 7.07. The molecule has 0 bridgehead atoms. The van der Waals surface area contributed by atoms with Crippen LogP contribution in [0.15, 0.2) is 41.2 Å². The van der Waals surface area contributed by atoms with Crippen molar-refractivity contribution < 1.29 is 14.3 Å². The summed E-state index contributed by atoms with van der Waals surface area (Å²) < 4.78 is 11.4. The predicted octanol–water partition coefficient (Wildman–Crippen LogP) is 2.04. The fraction of sp³-hybridized carbons (Fsp3) is 0.375. The standard InChI is InChI=1S/C16H18N2O3S/c19-15(9-12-5-8-22-11-12)18-13-10-20-7-4-14(13)21-16-3-1-2-6-17-16/h1-3,5-6,8,11,13-14H,4,7,9-10H2,(H,18,19)/t13-,14-/m1/s1. The second-order valence-electron chi connectivity index (χ2n) is 5.17. The third-order valence-electron chi connectivity index (χ3n) is 3.49. The van der Waals surface area contributed by atoms with E-state index in [-0.39, 0.29) is 18.1 Å². The minimum absolute atomic E-state index is 0.0106. The number of carbonyl (C=O) groups is 1. The minimum atomic E-state index is -0.151. The molecule has 5 nitrogen and oxygen atoms in total. The van der Waals surface area contributed by atoms with Crippen LogP contribution in [0, 0.1) is 0 Å². The first-order valence-electron chi connectivity index (χ1n) is 7.27. The molecule has 3 rings (SSSR count). The summed E-state index contributed by atoms with van der Waals surface area (Å²) in [6, 6.07) is 7.35. The van der Waals surface area contributed by atoms with Crippen molar-refractivity contribution in [2.24, 2.45) is 0 Å². The molecule has 0 spiro atoms. The van der Waals surface area contributed by atoms with Crippen molar-refractivity contribution in [2.45, 2.75) is 25.0 Å². The summed E-state index contributed by atoms with van der Waals surface area (Å²) in [6.45, 7) is 1.10. The number of hydrogen-bond donors (Lipinski definition) is 1. The quantitative estimate of drug-likeness (QED) is 0.916. The number of hydrogen-bond acceptors (Lipinski definition) is 5. The molecule has 3 heterocycles. The number of nitrogens with one attached hydrogen (secondary N) is 1. The number of carbonyl (C=O) groups excluding carboxylic acids is 1. The normalized spacial score (nSPS) is 21.3. The molecule has 2 atom stereocenters. The van der Waals surface area contributed by atoms with E-state index < -0.39 is 0 Å². The molecule has 1 aliphatic heterocycles. The lowest BCUT2D eigenvalue weighted by Gasteiger charge is -2.32. The number of aromatic nitrogens is 1. The topological polar surface area (TPSA) is 60.5 Å². The summed E-state index contributed by atoms with van der Waals surface area (Å²) in [5.74, 6) is 0.565. The SMILES string of the molecule is O=C(Cc1ccsc1)N[C@@H]1COCC[C@H]1Oc1ccccn1. The predicted molar refractivity (Wildman–Crippen MR) is 84.0 cm³/mol. The minimum Gasteiger partial charge on any atom is -0.472 e. The van der Waals surface area contributed by atoms with Crippen LogP contribution in [0.4, 0.5) is 0 Å². The van der Waals surface area contributed by atoms with E-state index in [4.69, 9.17) is 9.47 Å². The van der Waals surface area contributed by atoms with Crippen LogP contribution in [-0.4, -0.2) is 36.3 Å². The van der Waals surface area contributed by atoms with Crippen LogP contribution >= 0.6 is 11.3 Å². The van der Waals surface area contributed by atoms with Crippen molar-refractivity contribution in [3.05, 3.63) is 46.8 Å². The first-order chi connectivity index (χ1) is 10.8. The van der Waals surface area contributed by atoms with Gasteiger partial charge in [-0.1, -0.05) is 6.07 Å². The lowest BCUT2D eigenvalue weighted by atomic mass is 10.1. The van der Waals surface area contributed by atoms with Gasteiger partial charge in [0.15, 0.2) is 0 Å². The molecule has 0 saturated carbocycles. The average molecular weight is 318 g/mol. The van der Waals surface area contributed by atoms with Crippen LogP contribution in [0.2, 0.25) is 0 Å². The molecule has 22 heavy (non-hydrogen) atoms. The van der Waals surface area contributed by atoms with Gasteiger partial charge in [-0.25, -0.2) is 4.98 Å². The van der Waals surface area contributed by atoms with Gasteiger partial charge >= 0.3 is 0 Å². The second kappa shape index (κ2) is 7.38. The molecular formula is C16H18N2O3S. The molecule has 1 saturated heterocycles. The van der Waals surface area contributed by atoms with Crippen LogP contribution in [-0.2, 0) is 16.0 Å². The second-order valence-corrected chi connectivity index (χ2v) is 5.95. The van der Waals surface area contributed by atoms with E-state index in [1.54, 1.807) is 17.5 Å². The van der Waals surface area contributed by atoms with Crippen molar-refractivity contribution in [3.63, 3.8) is 0 Å². The van der Waals surface area contributed by atoms with Crippen LogP contribution in [0.1, 0.15) is 12.0 Å². The Labute approximate surface area is 133 Å². The first-order valence-corrected chi connectivity index (χ1v) is 8.21. The Kier molecular flexibility index (Phi) is 5.03. The van der Waals surface area contributed by atoms with E-state index in [0.29, 0.717) is 25.5 Å². The lowest BCUT2D eigenvalue weighted by molar-refractivity contribution is -0.123. The average Bonchev–Trinajstić information content (AvgIpc) is 3.03. The summed E-state index contributed by atoms with van der Waals surface area (Å²) in [5, 5.41) is 6.97. The van der Waals surface area contributed by atoms with E-state index in [2.05, 4.69) is 10.3 Å². The molecule has 6 heteroatoms. The first kappa shape index (κ1) is 15.0. The largest absolute Gasteiger partial charge is 0.472 e. The summed E-state index contributed by atoms with van der Waals surface area (Å²) in [7, 11) is 0. The Balaban J connectivity index is 1.58. The number of ether oxygens (including phenoxy) is 2. The Hall–Kier alpha value is -1.92. The van der Waals surface area contributed by atoms with E-state index in [1.807, 2.05) is 35.0 Å². The molecule has 1 fully saturated rings.